The molecule has 0 bridgehead atoms. The van der Waals surface area contributed by atoms with Crippen molar-refractivity contribution in [3.05, 3.63) is 267 Å². The van der Waals surface area contributed by atoms with E-state index in [0.717, 1.165) is 72.5 Å². The summed E-state index contributed by atoms with van der Waals surface area (Å²) in [4.78, 5) is 2.41. The smallest absolute Gasteiger partial charge is 0.136 e. The molecule has 0 aliphatic carbocycles. The van der Waals surface area contributed by atoms with Gasteiger partial charge in [-0.3, -0.25) is 0 Å². The number of hydrogen-bond donors (Lipinski definition) is 0. The number of para-hydroxylation sites is 4. The van der Waals surface area contributed by atoms with E-state index in [1.807, 2.05) is 6.07 Å². The second kappa shape index (κ2) is 16.7. The molecule has 71 heavy (non-hydrogen) atoms. The van der Waals surface area contributed by atoms with E-state index >= 15 is 0 Å². The quantitative estimate of drug-likeness (QED) is 0.142. The van der Waals surface area contributed by atoms with Crippen molar-refractivity contribution in [1.29, 1.82) is 0 Å². The van der Waals surface area contributed by atoms with Crippen LogP contribution in [0.25, 0.3) is 115 Å². The van der Waals surface area contributed by atoms with Crippen LogP contribution in [0.3, 0.4) is 0 Å². The Hall–Kier alpha value is -9.44. The molecule has 3 nitrogen and oxygen atoms in total. The van der Waals surface area contributed by atoms with Gasteiger partial charge in [-0.1, -0.05) is 194 Å². The maximum absolute atomic E-state index is 6.42. The minimum absolute atomic E-state index is 0.877. The van der Waals surface area contributed by atoms with Crippen LogP contribution >= 0.6 is 0 Å². The molecule has 0 amide bonds. The lowest BCUT2D eigenvalue weighted by atomic mass is 9.95. The number of furan rings is 1. The van der Waals surface area contributed by atoms with Gasteiger partial charge in [-0.15, -0.1) is 0 Å². The summed E-state index contributed by atoms with van der Waals surface area (Å²) >= 11 is 0. The van der Waals surface area contributed by atoms with E-state index in [0.29, 0.717) is 0 Å². The molecule has 0 aliphatic rings. The minimum Gasteiger partial charge on any atom is -0.456 e. The maximum Gasteiger partial charge on any atom is 0.136 e. The second-order valence-electron chi connectivity index (χ2n) is 18.4. The van der Waals surface area contributed by atoms with Gasteiger partial charge in [0.2, 0.25) is 0 Å². The van der Waals surface area contributed by atoms with E-state index in [4.69, 9.17) is 4.42 Å². The van der Waals surface area contributed by atoms with Crippen molar-refractivity contribution < 1.29 is 4.42 Å². The fraction of sp³-hybridized carbons (Fsp3) is 0. The Balaban J connectivity index is 0.850. The summed E-state index contributed by atoms with van der Waals surface area (Å²) < 4.78 is 8.81. The Morgan fingerprint density at radius 2 is 0.831 bits per heavy atom. The van der Waals surface area contributed by atoms with Gasteiger partial charge in [0.15, 0.2) is 0 Å². The molecule has 3 heteroatoms. The first kappa shape index (κ1) is 40.6. The highest BCUT2D eigenvalue weighted by Crippen LogP contribution is 2.46. The summed E-state index contributed by atoms with van der Waals surface area (Å²) in [6.07, 6.45) is 0. The van der Waals surface area contributed by atoms with Crippen molar-refractivity contribution in [3.63, 3.8) is 0 Å². The lowest BCUT2D eigenvalue weighted by Gasteiger charge is -2.28. The first-order chi connectivity index (χ1) is 35.2. The van der Waals surface area contributed by atoms with Crippen LogP contribution in [0.15, 0.2) is 271 Å². The van der Waals surface area contributed by atoms with Gasteiger partial charge in [0.05, 0.1) is 16.7 Å². The molecule has 0 spiro atoms. The van der Waals surface area contributed by atoms with E-state index in [9.17, 15) is 0 Å². The largest absolute Gasteiger partial charge is 0.456 e. The third kappa shape index (κ3) is 6.89. The van der Waals surface area contributed by atoms with Crippen molar-refractivity contribution in [2.45, 2.75) is 0 Å². The van der Waals surface area contributed by atoms with Crippen LogP contribution in [-0.2, 0) is 0 Å². The fourth-order valence-corrected chi connectivity index (χ4v) is 11.0. The van der Waals surface area contributed by atoms with Crippen LogP contribution in [0.1, 0.15) is 0 Å². The van der Waals surface area contributed by atoms with Crippen molar-refractivity contribution >= 4 is 82.4 Å². The average Bonchev–Trinajstić information content (AvgIpc) is 4.00. The summed E-state index contributed by atoms with van der Waals surface area (Å²) in [6.45, 7) is 0. The van der Waals surface area contributed by atoms with Crippen LogP contribution in [-0.4, -0.2) is 4.57 Å². The molecule has 0 saturated heterocycles. The van der Waals surface area contributed by atoms with Gasteiger partial charge in [-0.05, 0) is 133 Å². The highest BCUT2D eigenvalue weighted by Gasteiger charge is 2.21. The predicted molar refractivity (Wildman–Crippen MR) is 299 cm³/mol. The zero-order valence-electron chi connectivity index (χ0n) is 38.7. The Labute approximate surface area is 411 Å². The second-order valence-corrected chi connectivity index (χ2v) is 18.4. The van der Waals surface area contributed by atoms with Crippen molar-refractivity contribution in [2.75, 3.05) is 4.90 Å². The van der Waals surface area contributed by atoms with E-state index in [2.05, 4.69) is 270 Å². The number of fused-ring (bicyclic) bond motifs is 9. The molecule has 0 aliphatic heterocycles. The Morgan fingerprint density at radius 3 is 1.62 bits per heavy atom. The van der Waals surface area contributed by atoms with Gasteiger partial charge in [0.1, 0.15) is 11.2 Å². The van der Waals surface area contributed by atoms with E-state index < -0.39 is 0 Å². The third-order valence-electron chi connectivity index (χ3n) is 14.4. The number of benzene rings is 12. The minimum atomic E-state index is 0.877. The van der Waals surface area contributed by atoms with Crippen molar-refractivity contribution in [3.8, 4) is 50.2 Å². The zero-order chi connectivity index (χ0) is 46.8. The highest BCUT2D eigenvalue weighted by molar-refractivity contribution is 6.14. The molecular weight excluding hydrogens is 861 g/mol. The van der Waals surface area contributed by atoms with Gasteiger partial charge in [-0.25, -0.2) is 0 Å². The van der Waals surface area contributed by atoms with Gasteiger partial charge >= 0.3 is 0 Å². The SMILES string of the molecule is c1cc(-c2ccc3c(ccc4ccccc43)c2)cc(N(c2ccc(-c3ccc(-c4cccc(-n5c6ccccc6c6ccccc65)c4)cc3)cc2)c2ccccc2-c2cccc3oc4ccccc4c23)c1. The van der Waals surface area contributed by atoms with E-state index in [-0.39, 0.29) is 0 Å². The molecule has 0 N–H and O–H groups in total. The van der Waals surface area contributed by atoms with E-state index in [1.165, 1.54) is 60.0 Å². The Morgan fingerprint density at radius 1 is 0.296 bits per heavy atom. The summed E-state index contributed by atoms with van der Waals surface area (Å²) in [5.41, 5.74) is 17.8. The number of hydrogen-bond acceptors (Lipinski definition) is 2. The van der Waals surface area contributed by atoms with Gasteiger partial charge in [0.25, 0.3) is 0 Å². The molecule has 0 radical (unpaired) electrons. The average molecular weight is 905 g/mol. The molecule has 0 atom stereocenters. The first-order valence-corrected chi connectivity index (χ1v) is 24.3. The standard InChI is InChI=1S/C68H44N2O/c1-2-19-56-48(14-1)34-35-52-42-51(38-41-57(52)56)50-16-12-17-54(44-50)69(63-25-7-5-22-60(63)61-24-13-29-67-68(61)62-23-6-10-28-66(62)71-67)53-39-36-46(37-40-53)45-30-32-47(33-31-45)49-15-11-18-55(43-49)70-64-26-8-3-20-58(64)59-21-4-9-27-65(59)70/h1-44H. The van der Waals surface area contributed by atoms with Crippen LogP contribution in [0, 0.1) is 0 Å². The number of aromatic nitrogens is 1. The van der Waals surface area contributed by atoms with Crippen molar-refractivity contribution in [2.24, 2.45) is 0 Å². The van der Waals surface area contributed by atoms with Gasteiger partial charge in [0, 0.05) is 44.2 Å². The normalized spacial score (nSPS) is 11.7. The molecule has 0 saturated carbocycles. The topological polar surface area (TPSA) is 21.3 Å². The first-order valence-electron chi connectivity index (χ1n) is 24.3. The molecule has 2 aromatic heterocycles. The molecule has 332 valence electrons. The molecular formula is C68H44N2O. The fourth-order valence-electron chi connectivity index (χ4n) is 11.0. The van der Waals surface area contributed by atoms with E-state index in [1.54, 1.807) is 0 Å². The number of rotatable bonds is 8. The van der Waals surface area contributed by atoms with Crippen molar-refractivity contribution in [1.82, 2.24) is 4.57 Å². The third-order valence-corrected chi connectivity index (χ3v) is 14.4. The summed E-state index contributed by atoms with van der Waals surface area (Å²) in [7, 11) is 0. The molecule has 0 unspecified atom stereocenters. The molecule has 2 heterocycles. The van der Waals surface area contributed by atoms with Crippen LogP contribution in [0.4, 0.5) is 17.1 Å². The Bertz CT molecular complexity index is 4290. The Kier molecular flexibility index (Phi) is 9.53. The summed E-state index contributed by atoms with van der Waals surface area (Å²) in [5, 5.41) is 9.77. The number of nitrogens with zero attached hydrogens (tertiary/aromatic N) is 2. The maximum atomic E-state index is 6.42. The molecule has 0 fully saturated rings. The van der Waals surface area contributed by atoms with Crippen LogP contribution < -0.4 is 4.90 Å². The monoisotopic (exact) mass is 904 g/mol. The zero-order valence-corrected chi connectivity index (χ0v) is 38.7. The van der Waals surface area contributed by atoms with Crippen LogP contribution in [0.2, 0.25) is 0 Å². The van der Waals surface area contributed by atoms with Gasteiger partial charge < -0.3 is 13.9 Å². The van der Waals surface area contributed by atoms with Crippen LogP contribution in [0.5, 0.6) is 0 Å². The predicted octanol–water partition coefficient (Wildman–Crippen LogP) is 19.1. The summed E-state index contributed by atoms with van der Waals surface area (Å²) in [5.74, 6) is 0. The highest BCUT2D eigenvalue weighted by atomic mass is 16.3. The molecule has 14 rings (SSSR count). The lowest BCUT2D eigenvalue weighted by molar-refractivity contribution is 0.669. The molecule has 12 aromatic carbocycles. The number of anilines is 3. The summed E-state index contributed by atoms with van der Waals surface area (Å²) in [6, 6.07) is 96.7. The lowest BCUT2D eigenvalue weighted by Crippen LogP contribution is -2.11. The van der Waals surface area contributed by atoms with Gasteiger partial charge in [-0.2, -0.15) is 0 Å². The molecule has 14 aromatic rings.